The van der Waals surface area contributed by atoms with E-state index in [0.717, 1.165) is 0 Å². The number of carbonyl (C=O) groups is 1. The summed E-state index contributed by atoms with van der Waals surface area (Å²) >= 11 is 0. The lowest BCUT2D eigenvalue weighted by Crippen LogP contribution is -2.35. The van der Waals surface area contributed by atoms with E-state index in [0.29, 0.717) is 0 Å². The summed E-state index contributed by atoms with van der Waals surface area (Å²) in [6.45, 7) is 1.58. The van der Waals surface area contributed by atoms with Crippen LogP contribution in [0.25, 0.3) is 0 Å². The van der Waals surface area contributed by atoms with Gasteiger partial charge in [-0.1, -0.05) is 0 Å². The predicted octanol–water partition coefficient (Wildman–Crippen LogP) is 0.377. The summed E-state index contributed by atoms with van der Waals surface area (Å²) < 4.78 is 31.0. The standard InChI is InChI=1S/C9H13N3O5S/c1-2-17-9(14)12-18(15,16)11-8-4-3-6(13)5-7(8)10/h3-5,11,13H,2,10H2,1H3,(H,12,14). The fourth-order valence-corrected chi connectivity index (χ4v) is 1.89. The molecule has 0 radical (unpaired) electrons. The van der Waals surface area contributed by atoms with Gasteiger partial charge in [0.1, 0.15) is 5.75 Å². The van der Waals surface area contributed by atoms with E-state index in [2.05, 4.69) is 4.74 Å². The third-order valence-corrected chi connectivity index (χ3v) is 2.70. The molecule has 0 aliphatic carbocycles. The SMILES string of the molecule is CCOC(=O)NS(=O)(=O)Nc1ccc(O)cc1N. The molecule has 0 saturated heterocycles. The van der Waals surface area contributed by atoms with E-state index in [9.17, 15) is 13.2 Å². The number of nitrogens with two attached hydrogens (primary N) is 1. The van der Waals surface area contributed by atoms with Gasteiger partial charge in [-0.05, 0) is 19.1 Å². The molecular formula is C9H13N3O5S. The molecule has 0 aliphatic heterocycles. The van der Waals surface area contributed by atoms with Crippen molar-refractivity contribution in [3.8, 4) is 5.75 Å². The van der Waals surface area contributed by atoms with Crippen LogP contribution < -0.4 is 15.2 Å². The summed E-state index contributed by atoms with van der Waals surface area (Å²) in [5.41, 5.74) is 5.54. The van der Waals surface area contributed by atoms with Gasteiger partial charge in [0, 0.05) is 6.07 Å². The van der Waals surface area contributed by atoms with Crippen molar-refractivity contribution >= 4 is 27.7 Å². The van der Waals surface area contributed by atoms with Crippen molar-refractivity contribution in [3.05, 3.63) is 18.2 Å². The number of hydrogen-bond donors (Lipinski definition) is 4. The van der Waals surface area contributed by atoms with Crippen LogP contribution in [0, 0.1) is 0 Å². The van der Waals surface area contributed by atoms with E-state index in [-0.39, 0.29) is 23.7 Å². The number of amides is 1. The average molecular weight is 275 g/mol. The fraction of sp³-hybridized carbons (Fsp3) is 0.222. The van der Waals surface area contributed by atoms with Crippen molar-refractivity contribution in [2.24, 2.45) is 0 Å². The highest BCUT2D eigenvalue weighted by atomic mass is 32.2. The first-order valence-electron chi connectivity index (χ1n) is 4.90. The number of benzene rings is 1. The third-order valence-electron chi connectivity index (χ3n) is 1.77. The number of phenols is 1. The minimum Gasteiger partial charge on any atom is -0.508 e. The molecule has 5 N–H and O–H groups in total. The Kier molecular flexibility index (Phi) is 4.21. The summed E-state index contributed by atoms with van der Waals surface area (Å²) in [6.07, 6.45) is -1.10. The van der Waals surface area contributed by atoms with Crippen LogP contribution in [-0.4, -0.2) is 26.2 Å². The Hall–Kier alpha value is -2.16. The molecule has 8 nitrogen and oxygen atoms in total. The molecule has 0 spiro atoms. The largest absolute Gasteiger partial charge is 0.508 e. The number of anilines is 2. The van der Waals surface area contributed by atoms with Crippen molar-refractivity contribution in [1.82, 2.24) is 4.72 Å². The molecule has 1 aromatic rings. The van der Waals surface area contributed by atoms with E-state index in [4.69, 9.17) is 10.8 Å². The summed E-state index contributed by atoms with van der Waals surface area (Å²) in [4.78, 5) is 11.0. The summed E-state index contributed by atoms with van der Waals surface area (Å²) in [5.74, 6) is -0.103. The van der Waals surface area contributed by atoms with Crippen molar-refractivity contribution < 1.29 is 23.1 Å². The molecule has 1 rings (SSSR count). The van der Waals surface area contributed by atoms with Gasteiger partial charge in [0.05, 0.1) is 18.0 Å². The van der Waals surface area contributed by atoms with E-state index >= 15 is 0 Å². The molecule has 0 atom stereocenters. The molecule has 0 unspecified atom stereocenters. The lowest BCUT2D eigenvalue weighted by molar-refractivity contribution is 0.159. The second-order valence-corrected chi connectivity index (χ2v) is 4.61. The second-order valence-electron chi connectivity index (χ2n) is 3.20. The Balaban J connectivity index is 2.79. The maximum Gasteiger partial charge on any atom is 0.422 e. The average Bonchev–Trinajstić information content (AvgIpc) is 2.21. The molecule has 0 aliphatic rings. The zero-order valence-electron chi connectivity index (χ0n) is 9.50. The number of phenolic OH excluding ortho intramolecular Hbond substituents is 1. The predicted molar refractivity (Wildman–Crippen MR) is 65.2 cm³/mol. The van der Waals surface area contributed by atoms with Crippen LogP contribution in [0.15, 0.2) is 18.2 Å². The van der Waals surface area contributed by atoms with Crippen LogP contribution in [-0.2, 0) is 14.9 Å². The van der Waals surface area contributed by atoms with Gasteiger partial charge in [-0.2, -0.15) is 8.42 Å². The monoisotopic (exact) mass is 275 g/mol. The molecule has 0 heterocycles. The minimum atomic E-state index is -4.13. The van der Waals surface area contributed by atoms with Crippen LogP contribution in [0.5, 0.6) is 5.75 Å². The van der Waals surface area contributed by atoms with Crippen LogP contribution in [0.3, 0.4) is 0 Å². The lowest BCUT2D eigenvalue weighted by Gasteiger charge is -2.11. The van der Waals surface area contributed by atoms with Crippen LogP contribution in [0.1, 0.15) is 6.92 Å². The number of rotatable bonds is 4. The van der Waals surface area contributed by atoms with E-state index in [1.807, 2.05) is 4.72 Å². The van der Waals surface area contributed by atoms with Gasteiger partial charge in [-0.25, -0.2) is 9.52 Å². The van der Waals surface area contributed by atoms with Gasteiger partial charge in [0.2, 0.25) is 0 Å². The zero-order chi connectivity index (χ0) is 13.8. The van der Waals surface area contributed by atoms with E-state index in [1.165, 1.54) is 25.1 Å². The smallest absolute Gasteiger partial charge is 0.422 e. The first-order chi connectivity index (χ1) is 8.34. The molecule has 0 aromatic heterocycles. The van der Waals surface area contributed by atoms with Crippen molar-refractivity contribution in [2.45, 2.75) is 6.92 Å². The first kappa shape index (κ1) is 13.9. The minimum absolute atomic E-state index is 0.0178. The Morgan fingerprint density at radius 3 is 2.72 bits per heavy atom. The van der Waals surface area contributed by atoms with Crippen LogP contribution >= 0.6 is 0 Å². The Labute approximate surface area is 104 Å². The molecular weight excluding hydrogens is 262 g/mol. The molecule has 100 valence electrons. The quantitative estimate of drug-likeness (QED) is 0.464. The van der Waals surface area contributed by atoms with Crippen molar-refractivity contribution in [1.29, 1.82) is 0 Å². The Morgan fingerprint density at radius 2 is 2.17 bits per heavy atom. The molecule has 0 fully saturated rings. The first-order valence-corrected chi connectivity index (χ1v) is 6.38. The number of aromatic hydroxyl groups is 1. The van der Waals surface area contributed by atoms with Crippen LogP contribution in [0.4, 0.5) is 16.2 Å². The third kappa shape index (κ3) is 4.01. The van der Waals surface area contributed by atoms with Crippen molar-refractivity contribution in [2.75, 3.05) is 17.1 Å². The molecule has 18 heavy (non-hydrogen) atoms. The van der Waals surface area contributed by atoms with Gasteiger partial charge in [-0.15, -0.1) is 0 Å². The van der Waals surface area contributed by atoms with E-state index in [1.54, 1.807) is 4.72 Å². The molecule has 1 aromatic carbocycles. The molecule has 0 bridgehead atoms. The van der Waals surface area contributed by atoms with Gasteiger partial charge in [0.25, 0.3) is 0 Å². The van der Waals surface area contributed by atoms with Gasteiger partial charge in [-0.3, -0.25) is 4.72 Å². The Bertz CT molecular complexity index is 543. The number of hydrogen-bond acceptors (Lipinski definition) is 6. The zero-order valence-corrected chi connectivity index (χ0v) is 10.3. The maximum atomic E-state index is 11.5. The van der Waals surface area contributed by atoms with Gasteiger partial charge < -0.3 is 15.6 Å². The van der Waals surface area contributed by atoms with Gasteiger partial charge in [0.15, 0.2) is 0 Å². The number of nitrogens with one attached hydrogen (secondary N) is 2. The highest BCUT2D eigenvalue weighted by Crippen LogP contribution is 2.23. The molecule has 9 heteroatoms. The number of carbonyl (C=O) groups excluding carboxylic acids is 1. The Morgan fingerprint density at radius 1 is 1.50 bits per heavy atom. The van der Waals surface area contributed by atoms with Crippen LogP contribution in [0.2, 0.25) is 0 Å². The molecule has 1 amide bonds. The summed E-state index contributed by atoms with van der Waals surface area (Å²) in [5, 5.41) is 9.10. The van der Waals surface area contributed by atoms with Gasteiger partial charge >= 0.3 is 16.3 Å². The topological polar surface area (TPSA) is 131 Å². The lowest BCUT2D eigenvalue weighted by atomic mass is 10.2. The highest BCUT2D eigenvalue weighted by Gasteiger charge is 2.16. The van der Waals surface area contributed by atoms with Crippen molar-refractivity contribution in [3.63, 3.8) is 0 Å². The summed E-state index contributed by atoms with van der Waals surface area (Å²) in [7, 11) is -4.13. The second kappa shape index (κ2) is 5.45. The van der Waals surface area contributed by atoms with E-state index < -0.39 is 16.3 Å². The fourth-order valence-electron chi connectivity index (χ4n) is 1.08. The number of nitrogen functional groups attached to an aromatic ring is 1. The normalized spacial score (nSPS) is 10.7. The number of ether oxygens (including phenoxy) is 1. The highest BCUT2D eigenvalue weighted by molar-refractivity contribution is 7.91. The maximum absolute atomic E-state index is 11.5. The summed E-state index contributed by atoms with van der Waals surface area (Å²) in [6, 6.07) is 3.68. The molecule has 0 saturated carbocycles.